The second-order valence-corrected chi connectivity index (χ2v) is 11.5. The number of rotatable bonds is 7. The maximum absolute atomic E-state index is 13.9. The summed E-state index contributed by atoms with van der Waals surface area (Å²) in [5.74, 6) is 0.625. The van der Waals surface area contributed by atoms with Gasteiger partial charge in [0.2, 0.25) is 5.91 Å². The number of carbonyl (C=O) groups excluding carboxylic acids is 1. The highest BCUT2D eigenvalue weighted by Gasteiger charge is 2.40. The lowest BCUT2D eigenvalue weighted by Crippen LogP contribution is -2.44. The Morgan fingerprint density at radius 2 is 2.00 bits per heavy atom. The van der Waals surface area contributed by atoms with E-state index in [0.29, 0.717) is 49.5 Å². The van der Waals surface area contributed by atoms with Crippen LogP contribution in [0.3, 0.4) is 0 Å². The number of anilines is 2. The number of hydrogen-bond donors (Lipinski definition) is 1. The van der Waals surface area contributed by atoms with Gasteiger partial charge in [-0.05, 0) is 69.9 Å². The molecule has 212 valence electrons. The van der Waals surface area contributed by atoms with Gasteiger partial charge in [0.1, 0.15) is 11.9 Å². The number of aromatic nitrogens is 3. The summed E-state index contributed by atoms with van der Waals surface area (Å²) in [6.45, 7) is 9.50. The highest BCUT2D eigenvalue weighted by molar-refractivity contribution is 6.05. The van der Waals surface area contributed by atoms with Gasteiger partial charge in [-0.25, -0.2) is 4.98 Å². The molecule has 2 fully saturated rings. The van der Waals surface area contributed by atoms with Gasteiger partial charge in [-0.3, -0.25) is 19.1 Å². The molecule has 3 aliphatic rings. The summed E-state index contributed by atoms with van der Waals surface area (Å²) in [7, 11) is 1.68. The molecule has 0 radical (unpaired) electrons. The van der Waals surface area contributed by atoms with E-state index in [1.54, 1.807) is 11.7 Å². The lowest BCUT2D eigenvalue weighted by Gasteiger charge is -2.34. The Balaban J connectivity index is 1.33. The molecule has 10 heteroatoms. The highest BCUT2D eigenvalue weighted by atomic mass is 16.5. The first-order valence-corrected chi connectivity index (χ1v) is 14.1. The quantitative estimate of drug-likeness (QED) is 0.480. The topological polar surface area (TPSA) is 108 Å². The van der Waals surface area contributed by atoms with Gasteiger partial charge in [0.05, 0.1) is 47.0 Å². The van der Waals surface area contributed by atoms with Crippen molar-refractivity contribution >= 4 is 28.2 Å². The SMILES string of the molecule is COC[C@H]1CN(c2ccc3c(=O)n(CCc4cc5c(nc4C)C(C)(C)C(=O)N5)c([C@@H]4CCCO4)nc3c2)CCO1. The molecule has 5 heterocycles. The minimum atomic E-state index is -0.657. The largest absolute Gasteiger partial charge is 0.382 e. The summed E-state index contributed by atoms with van der Waals surface area (Å²) in [6.07, 6.45) is 2.16. The van der Waals surface area contributed by atoms with E-state index < -0.39 is 5.41 Å². The Bertz CT molecular complexity index is 1510. The minimum absolute atomic E-state index is 0.00872. The number of carbonyl (C=O) groups is 1. The molecule has 0 bridgehead atoms. The standard InChI is InChI=1S/C30H37N5O5/c1-18-19(14-24-26(31-18)30(2,3)29(37)33-24)9-10-35-27(25-6-5-12-40-25)32-23-15-20(7-8-22(23)28(35)36)34-11-13-39-21(16-34)17-38-4/h7-8,14-15,21,25H,5-6,9-13,16-17H2,1-4H3,(H,33,37)/t21-,25+/m1/s1. The molecule has 3 aliphatic heterocycles. The first-order chi connectivity index (χ1) is 19.3. The van der Waals surface area contributed by atoms with Crippen LogP contribution in [-0.2, 0) is 37.4 Å². The van der Waals surface area contributed by atoms with Crippen molar-refractivity contribution in [3.05, 3.63) is 57.4 Å². The predicted octanol–water partition coefficient (Wildman–Crippen LogP) is 3.28. The van der Waals surface area contributed by atoms with Crippen molar-refractivity contribution in [2.45, 2.75) is 64.2 Å². The molecule has 0 saturated carbocycles. The molecule has 1 N–H and O–H groups in total. The highest BCUT2D eigenvalue weighted by Crippen LogP contribution is 2.37. The van der Waals surface area contributed by atoms with Crippen molar-refractivity contribution in [1.82, 2.24) is 14.5 Å². The van der Waals surface area contributed by atoms with Crippen LogP contribution in [0.1, 0.15) is 55.6 Å². The number of fused-ring (bicyclic) bond motifs is 2. The van der Waals surface area contributed by atoms with E-state index in [1.165, 1.54) is 0 Å². The number of nitrogens with one attached hydrogen (secondary N) is 1. The van der Waals surface area contributed by atoms with Crippen LogP contribution in [-0.4, -0.2) is 66.6 Å². The molecule has 10 nitrogen and oxygen atoms in total. The number of nitrogens with zero attached hydrogens (tertiary/aromatic N) is 4. The third-order valence-corrected chi connectivity index (χ3v) is 8.37. The van der Waals surface area contributed by atoms with Crippen molar-refractivity contribution in [3.63, 3.8) is 0 Å². The maximum atomic E-state index is 13.9. The van der Waals surface area contributed by atoms with Gasteiger partial charge >= 0.3 is 0 Å². The number of ether oxygens (including phenoxy) is 3. The number of morpholine rings is 1. The van der Waals surface area contributed by atoms with Gasteiger partial charge < -0.3 is 24.4 Å². The van der Waals surface area contributed by atoms with Gasteiger partial charge in [-0.2, -0.15) is 0 Å². The van der Waals surface area contributed by atoms with Gasteiger partial charge in [0, 0.05) is 44.7 Å². The fourth-order valence-corrected chi connectivity index (χ4v) is 6.00. The van der Waals surface area contributed by atoms with Crippen LogP contribution in [0.4, 0.5) is 11.4 Å². The number of benzene rings is 1. The lowest BCUT2D eigenvalue weighted by atomic mass is 9.90. The van der Waals surface area contributed by atoms with E-state index in [4.69, 9.17) is 24.2 Å². The third kappa shape index (κ3) is 4.78. The zero-order chi connectivity index (χ0) is 28.0. The van der Waals surface area contributed by atoms with E-state index in [9.17, 15) is 9.59 Å². The fraction of sp³-hybridized carbons (Fsp3) is 0.533. The van der Waals surface area contributed by atoms with Crippen molar-refractivity contribution in [3.8, 4) is 0 Å². The molecule has 1 aromatic carbocycles. The second-order valence-electron chi connectivity index (χ2n) is 11.5. The Morgan fingerprint density at radius 1 is 1.15 bits per heavy atom. The average molecular weight is 548 g/mol. The molecule has 2 aromatic heterocycles. The molecule has 40 heavy (non-hydrogen) atoms. The van der Waals surface area contributed by atoms with Gasteiger partial charge in [-0.1, -0.05) is 0 Å². The van der Waals surface area contributed by atoms with E-state index >= 15 is 0 Å². The predicted molar refractivity (Wildman–Crippen MR) is 152 cm³/mol. The summed E-state index contributed by atoms with van der Waals surface area (Å²) >= 11 is 0. The Hall–Kier alpha value is -3.34. The number of aryl methyl sites for hydroxylation is 2. The van der Waals surface area contributed by atoms with E-state index in [1.807, 2.05) is 45.0 Å². The summed E-state index contributed by atoms with van der Waals surface area (Å²) in [4.78, 5) is 38.4. The number of pyridine rings is 1. The van der Waals surface area contributed by atoms with Crippen molar-refractivity contribution in [2.75, 3.05) is 50.2 Å². The molecular weight excluding hydrogens is 510 g/mol. The monoisotopic (exact) mass is 547 g/mol. The van der Waals surface area contributed by atoms with Crippen molar-refractivity contribution < 1.29 is 19.0 Å². The summed E-state index contributed by atoms with van der Waals surface area (Å²) in [5, 5.41) is 3.55. The summed E-state index contributed by atoms with van der Waals surface area (Å²) in [5.41, 5.74) is 4.36. The van der Waals surface area contributed by atoms with E-state index in [-0.39, 0.29) is 23.7 Å². The summed E-state index contributed by atoms with van der Waals surface area (Å²) < 4.78 is 18.9. The molecular formula is C30H37N5O5. The zero-order valence-electron chi connectivity index (χ0n) is 23.7. The van der Waals surface area contributed by atoms with Crippen LogP contribution in [0.15, 0.2) is 29.1 Å². The normalized spacial score (nSPS) is 22.1. The van der Waals surface area contributed by atoms with Crippen LogP contribution in [0.5, 0.6) is 0 Å². The van der Waals surface area contributed by atoms with Crippen molar-refractivity contribution in [1.29, 1.82) is 0 Å². The van der Waals surface area contributed by atoms with E-state index in [0.717, 1.165) is 54.3 Å². The first kappa shape index (κ1) is 26.9. The molecule has 0 unspecified atom stereocenters. The first-order valence-electron chi connectivity index (χ1n) is 14.1. The Morgan fingerprint density at radius 3 is 2.77 bits per heavy atom. The Labute approximate surface area is 233 Å². The maximum Gasteiger partial charge on any atom is 0.261 e. The third-order valence-electron chi connectivity index (χ3n) is 8.37. The molecule has 0 spiro atoms. The number of hydrogen-bond acceptors (Lipinski definition) is 8. The van der Waals surface area contributed by atoms with Gasteiger partial charge in [0.15, 0.2) is 0 Å². The lowest BCUT2D eigenvalue weighted by molar-refractivity contribution is -0.119. The fourth-order valence-electron chi connectivity index (χ4n) is 6.00. The number of methoxy groups -OCH3 is 1. The molecule has 0 aliphatic carbocycles. The summed E-state index contributed by atoms with van der Waals surface area (Å²) in [6, 6.07) is 7.89. The van der Waals surface area contributed by atoms with E-state index in [2.05, 4.69) is 10.2 Å². The number of amides is 1. The molecule has 2 saturated heterocycles. The van der Waals surface area contributed by atoms with Gasteiger partial charge in [-0.15, -0.1) is 0 Å². The van der Waals surface area contributed by atoms with Crippen LogP contribution in [0, 0.1) is 6.92 Å². The average Bonchev–Trinajstić information content (AvgIpc) is 3.55. The van der Waals surface area contributed by atoms with Crippen LogP contribution in [0.25, 0.3) is 10.9 Å². The van der Waals surface area contributed by atoms with Crippen LogP contribution < -0.4 is 15.8 Å². The molecule has 6 rings (SSSR count). The Kier molecular flexibility index (Phi) is 7.10. The van der Waals surface area contributed by atoms with Crippen LogP contribution in [0.2, 0.25) is 0 Å². The zero-order valence-corrected chi connectivity index (χ0v) is 23.7. The van der Waals surface area contributed by atoms with Crippen LogP contribution >= 0.6 is 0 Å². The molecule has 3 aromatic rings. The smallest absolute Gasteiger partial charge is 0.261 e. The molecule has 1 amide bonds. The van der Waals surface area contributed by atoms with Gasteiger partial charge in [0.25, 0.3) is 5.56 Å². The second kappa shape index (κ2) is 10.6. The van der Waals surface area contributed by atoms with Crippen molar-refractivity contribution in [2.24, 2.45) is 0 Å². The molecule has 2 atom stereocenters. The minimum Gasteiger partial charge on any atom is -0.382 e.